The largest absolute Gasteiger partial charge is 0.481 e. The Bertz CT molecular complexity index is 361. The van der Waals surface area contributed by atoms with Crippen LogP contribution in [0.3, 0.4) is 0 Å². The fourth-order valence-corrected chi connectivity index (χ4v) is 3.88. The fourth-order valence-electron chi connectivity index (χ4n) is 3.88. The highest BCUT2D eigenvalue weighted by molar-refractivity contribution is 5.74. The van der Waals surface area contributed by atoms with Gasteiger partial charge in [0.25, 0.3) is 0 Å². The van der Waals surface area contributed by atoms with E-state index in [-0.39, 0.29) is 5.92 Å². The lowest BCUT2D eigenvalue weighted by molar-refractivity contribution is -0.153. The fraction of sp³-hybridized carbons (Fsp3) is 0.905. The van der Waals surface area contributed by atoms with E-state index < -0.39 is 17.4 Å². The number of carboxylic acids is 2. The average Bonchev–Trinajstić information content (AvgIpc) is 2.56. The van der Waals surface area contributed by atoms with Crippen molar-refractivity contribution in [2.45, 2.75) is 111 Å². The van der Waals surface area contributed by atoms with Gasteiger partial charge in [0.05, 0.1) is 5.41 Å². The van der Waals surface area contributed by atoms with Gasteiger partial charge in [0.15, 0.2) is 0 Å². The maximum absolute atomic E-state index is 11.6. The average molecular weight is 357 g/mol. The lowest BCUT2D eigenvalue weighted by Crippen LogP contribution is -2.36. The van der Waals surface area contributed by atoms with Crippen LogP contribution in [0.25, 0.3) is 0 Å². The van der Waals surface area contributed by atoms with Crippen LogP contribution < -0.4 is 0 Å². The molecule has 1 unspecified atom stereocenters. The number of carboxylic acid groups (broad SMARTS) is 2. The lowest BCUT2D eigenvalue weighted by atomic mass is 9.70. The molecule has 0 aliphatic rings. The molecule has 4 heteroatoms. The van der Waals surface area contributed by atoms with Gasteiger partial charge >= 0.3 is 11.9 Å². The number of rotatable bonds is 17. The van der Waals surface area contributed by atoms with Gasteiger partial charge in [-0.3, -0.25) is 9.59 Å². The van der Waals surface area contributed by atoms with E-state index in [1.165, 1.54) is 38.5 Å². The van der Waals surface area contributed by atoms with Crippen LogP contribution in [0.15, 0.2) is 0 Å². The maximum Gasteiger partial charge on any atom is 0.309 e. The highest BCUT2D eigenvalue weighted by atomic mass is 16.4. The second-order valence-corrected chi connectivity index (χ2v) is 7.54. The third-order valence-electron chi connectivity index (χ3n) is 5.91. The van der Waals surface area contributed by atoms with Crippen molar-refractivity contribution in [1.82, 2.24) is 0 Å². The normalized spacial score (nSPS) is 12.9. The number of hydrogen-bond donors (Lipinski definition) is 2. The van der Waals surface area contributed by atoms with Crippen LogP contribution in [0.5, 0.6) is 0 Å². The maximum atomic E-state index is 11.6. The number of aliphatic carboxylic acids is 2. The third-order valence-corrected chi connectivity index (χ3v) is 5.91. The van der Waals surface area contributed by atoms with Crippen LogP contribution in [-0.2, 0) is 9.59 Å². The first kappa shape index (κ1) is 23.9. The van der Waals surface area contributed by atoms with Crippen LogP contribution in [0, 0.1) is 11.3 Å². The highest BCUT2D eigenvalue weighted by Crippen LogP contribution is 2.38. The first-order valence-corrected chi connectivity index (χ1v) is 10.4. The van der Waals surface area contributed by atoms with E-state index in [2.05, 4.69) is 6.92 Å². The zero-order valence-electron chi connectivity index (χ0n) is 16.7. The quantitative estimate of drug-likeness (QED) is 0.301. The van der Waals surface area contributed by atoms with E-state index in [4.69, 9.17) is 5.11 Å². The standard InChI is InChI=1S/C21H40O4/c1-4-21(5-2,20(24)25)18(3)16-14-12-10-8-6-7-9-11-13-15-17-19(22)23/h18H,4-17H2,1-3H3,(H,22,23)(H,24,25). The van der Waals surface area contributed by atoms with E-state index in [9.17, 15) is 14.7 Å². The summed E-state index contributed by atoms with van der Waals surface area (Å²) in [5, 5.41) is 18.1. The number of carbonyl (C=O) groups is 2. The second kappa shape index (κ2) is 14.1. The molecule has 2 N–H and O–H groups in total. The van der Waals surface area contributed by atoms with Crippen LogP contribution in [0.1, 0.15) is 111 Å². The molecular weight excluding hydrogens is 316 g/mol. The molecule has 0 rings (SSSR count). The van der Waals surface area contributed by atoms with Crippen LogP contribution in [-0.4, -0.2) is 22.2 Å². The summed E-state index contributed by atoms with van der Waals surface area (Å²) in [5.74, 6) is -1.08. The molecule has 0 aromatic heterocycles. The minimum Gasteiger partial charge on any atom is -0.481 e. The molecular formula is C21H40O4. The molecule has 148 valence electrons. The first-order valence-electron chi connectivity index (χ1n) is 10.4. The van der Waals surface area contributed by atoms with Gasteiger partial charge in [-0.1, -0.05) is 78.6 Å². The highest BCUT2D eigenvalue weighted by Gasteiger charge is 2.39. The molecule has 0 saturated carbocycles. The van der Waals surface area contributed by atoms with Gasteiger partial charge in [0, 0.05) is 6.42 Å². The van der Waals surface area contributed by atoms with E-state index >= 15 is 0 Å². The Morgan fingerprint density at radius 2 is 1.16 bits per heavy atom. The predicted molar refractivity (Wildman–Crippen MR) is 103 cm³/mol. The van der Waals surface area contributed by atoms with E-state index in [0.717, 1.165) is 32.1 Å². The third kappa shape index (κ3) is 9.86. The predicted octanol–water partition coefficient (Wildman–Crippen LogP) is 6.28. The molecule has 0 aliphatic carbocycles. The van der Waals surface area contributed by atoms with Crippen molar-refractivity contribution in [3.8, 4) is 0 Å². The molecule has 1 atom stereocenters. The van der Waals surface area contributed by atoms with Crippen molar-refractivity contribution >= 4 is 11.9 Å². The van der Waals surface area contributed by atoms with Crippen LogP contribution in [0.2, 0.25) is 0 Å². The summed E-state index contributed by atoms with van der Waals surface area (Å²) in [6.45, 7) is 6.09. The summed E-state index contributed by atoms with van der Waals surface area (Å²) in [5.41, 5.74) is -0.541. The molecule has 0 aromatic rings. The van der Waals surface area contributed by atoms with Crippen molar-refractivity contribution in [2.24, 2.45) is 11.3 Å². The molecule has 0 spiro atoms. The Kier molecular flexibility index (Phi) is 13.5. The van der Waals surface area contributed by atoms with Crippen molar-refractivity contribution < 1.29 is 19.8 Å². The zero-order valence-corrected chi connectivity index (χ0v) is 16.7. The molecule has 0 saturated heterocycles. The van der Waals surface area contributed by atoms with Gasteiger partial charge in [-0.05, 0) is 31.6 Å². The first-order chi connectivity index (χ1) is 11.9. The number of hydrogen-bond acceptors (Lipinski definition) is 2. The molecule has 0 aliphatic heterocycles. The molecule has 25 heavy (non-hydrogen) atoms. The smallest absolute Gasteiger partial charge is 0.309 e. The molecule has 0 amide bonds. The summed E-state index contributed by atoms with van der Waals surface area (Å²) in [4.78, 5) is 22.0. The SMILES string of the molecule is CCC(CC)(C(=O)O)C(C)CCCCCCCCCCCCC(=O)O. The van der Waals surface area contributed by atoms with E-state index in [1.54, 1.807) is 0 Å². The van der Waals surface area contributed by atoms with Crippen LogP contribution in [0.4, 0.5) is 0 Å². The Balaban J connectivity index is 3.60. The summed E-state index contributed by atoms with van der Waals surface area (Å²) in [6, 6.07) is 0. The van der Waals surface area contributed by atoms with Gasteiger partial charge in [0.2, 0.25) is 0 Å². The van der Waals surface area contributed by atoms with Gasteiger partial charge in [-0.25, -0.2) is 0 Å². The van der Waals surface area contributed by atoms with E-state index in [1.807, 2.05) is 13.8 Å². The minimum absolute atomic E-state index is 0.241. The Morgan fingerprint density at radius 3 is 1.52 bits per heavy atom. The Labute approximate surface area is 154 Å². The topological polar surface area (TPSA) is 74.6 Å². The van der Waals surface area contributed by atoms with Crippen molar-refractivity contribution in [2.75, 3.05) is 0 Å². The zero-order chi connectivity index (χ0) is 19.1. The molecule has 0 fully saturated rings. The van der Waals surface area contributed by atoms with Gasteiger partial charge < -0.3 is 10.2 Å². The van der Waals surface area contributed by atoms with E-state index in [0.29, 0.717) is 19.3 Å². The molecule has 0 heterocycles. The monoisotopic (exact) mass is 356 g/mol. The van der Waals surface area contributed by atoms with Gasteiger partial charge in [-0.15, -0.1) is 0 Å². The summed E-state index contributed by atoms with van der Waals surface area (Å²) in [7, 11) is 0. The van der Waals surface area contributed by atoms with Gasteiger partial charge in [0.1, 0.15) is 0 Å². The molecule has 0 radical (unpaired) electrons. The summed E-state index contributed by atoms with van der Waals surface area (Å²) < 4.78 is 0. The van der Waals surface area contributed by atoms with Crippen molar-refractivity contribution in [3.63, 3.8) is 0 Å². The Hall–Kier alpha value is -1.06. The van der Waals surface area contributed by atoms with Crippen molar-refractivity contribution in [1.29, 1.82) is 0 Å². The van der Waals surface area contributed by atoms with Crippen molar-refractivity contribution in [3.05, 3.63) is 0 Å². The summed E-state index contributed by atoms with van der Waals surface area (Å²) >= 11 is 0. The molecule has 0 aromatic carbocycles. The second-order valence-electron chi connectivity index (χ2n) is 7.54. The molecule has 4 nitrogen and oxygen atoms in total. The molecule has 0 bridgehead atoms. The minimum atomic E-state index is -0.687. The van der Waals surface area contributed by atoms with Gasteiger partial charge in [-0.2, -0.15) is 0 Å². The van der Waals surface area contributed by atoms with Crippen LogP contribution >= 0.6 is 0 Å². The number of unbranched alkanes of at least 4 members (excludes halogenated alkanes) is 9. The lowest BCUT2D eigenvalue weighted by Gasteiger charge is -2.33. The summed E-state index contributed by atoms with van der Waals surface area (Å²) in [6.07, 6.45) is 14.3. The Morgan fingerprint density at radius 1 is 0.760 bits per heavy atom.